The van der Waals surface area contributed by atoms with E-state index in [1.165, 1.54) is 12.2 Å². The first kappa shape index (κ1) is 10.5. The van der Waals surface area contributed by atoms with Crippen molar-refractivity contribution in [3.05, 3.63) is 0 Å². The number of amides is 1. The Hall–Kier alpha value is -0.610. The molecule has 0 unspecified atom stereocenters. The number of ether oxygens (including phenoxy) is 1. The molecule has 0 saturated carbocycles. The van der Waals surface area contributed by atoms with Gasteiger partial charge in [-0.15, -0.1) is 0 Å². The van der Waals surface area contributed by atoms with Gasteiger partial charge in [-0.2, -0.15) is 0 Å². The topological polar surface area (TPSA) is 38.8 Å². The van der Waals surface area contributed by atoms with E-state index in [4.69, 9.17) is 9.57 Å². The minimum atomic E-state index is -0.172. The van der Waals surface area contributed by atoms with Gasteiger partial charge < -0.3 is 4.74 Å². The summed E-state index contributed by atoms with van der Waals surface area (Å²) in [5.41, 5.74) is -0.172. The predicted octanol–water partition coefficient (Wildman–Crippen LogP) is 0.821. The molecule has 1 heterocycles. The van der Waals surface area contributed by atoms with Crippen LogP contribution in [-0.2, 0) is 14.4 Å². The van der Waals surface area contributed by atoms with Crippen LogP contribution in [0.2, 0.25) is 0 Å². The molecule has 0 spiro atoms. The van der Waals surface area contributed by atoms with Gasteiger partial charge >= 0.3 is 0 Å². The van der Waals surface area contributed by atoms with Crippen molar-refractivity contribution in [2.45, 2.75) is 25.9 Å². The number of nitrogens with zero attached hydrogens (tertiary/aromatic N) is 1. The fourth-order valence-electron chi connectivity index (χ4n) is 1.54. The average molecular weight is 187 g/mol. The number of carbonyl (C=O) groups excluding carboxylic acids is 1. The first-order chi connectivity index (χ1) is 5.96. The van der Waals surface area contributed by atoms with Crippen LogP contribution in [0.15, 0.2) is 0 Å². The van der Waals surface area contributed by atoms with Crippen molar-refractivity contribution < 1.29 is 14.4 Å². The Labute approximate surface area is 78.8 Å². The van der Waals surface area contributed by atoms with Crippen LogP contribution in [0.3, 0.4) is 0 Å². The molecule has 0 aromatic rings. The lowest BCUT2D eigenvalue weighted by molar-refractivity contribution is -0.173. The first-order valence-electron chi connectivity index (χ1n) is 4.42. The quantitative estimate of drug-likeness (QED) is 0.601. The summed E-state index contributed by atoms with van der Waals surface area (Å²) in [7, 11) is 3.10. The van der Waals surface area contributed by atoms with E-state index in [9.17, 15) is 4.79 Å². The van der Waals surface area contributed by atoms with Gasteiger partial charge in [-0.05, 0) is 20.3 Å². The van der Waals surface area contributed by atoms with Gasteiger partial charge in [0.25, 0.3) is 5.91 Å². The zero-order valence-corrected chi connectivity index (χ0v) is 8.66. The van der Waals surface area contributed by atoms with E-state index >= 15 is 0 Å². The van der Waals surface area contributed by atoms with Gasteiger partial charge in [0.2, 0.25) is 0 Å². The number of hydroxylamine groups is 2. The molecule has 1 atom stereocenters. The Morgan fingerprint density at radius 3 is 2.62 bits per heavy atom. The highest BCUT2D eigenvalue weighted by molar-refractivity contribution is 5.78. The molecule has 0 N–H and O–H groups in total. The van der Waals surface area contributed by atoms with Crippen LogP contribution in [-0.4, -0.2) is 37.3 Å². The number of carbonyl (C=O) groups is 1. The molecule has 0 bridgehead atoms. The Balaban J connectivity index is 2.51. The molecule has 1 fully saturated rings. The number of hydrogen-bond donors (Lipinski definition) is 0. The van der Waals surface area contributed by atoms with Crippen molar-refractivity contribution in [3.8, 4) is 0 Å². The van der Waals surface area contributed by atoms with Gasteiger partial charge in [-0.3, -0.25) is 9.63 Å². The summed E-state index contributed by atoms with van der Waals surface area (Å²) in [5.74, 6) is -0.0620. The maximum atomic E-state index is 11.6. The third kappa shape index (κ3) is 2.42. The van der Waals surface area contributed by atoms with Crippen molar-refractivity contribution in [1.29, 1.82) is 0 Å². The number of hydrogen-bond acceptors (Lipinski definition) is 3. The van der Waals surface area contributed by atoms with E-state index < -0.39 is 0 Å². The third-order valence-corrected chi connectivity index (χ3v) is 2.35. The van der Waals surface area contributed by atoms with Crippen molar-refractivity contribution >= 4 is 5.91 Å². The monoisotopic (exact) mass is 187 g/mol. The number of rotatable bonds is 2. The third-order valence-electron chi connectivity index (χ3n) is 2.35. The zero-order chi connectivity index (χ0) is 10.1. The SMILES string of the molecule is CON(C)C(=O)[C@@H]1COC(C)(C)C1. The van der Waals surface area contributed by atoms with Crippen molar-refractivity contribution in [2.75, 3.05) is 20.8 Å². The molecule has 4 nitrogen and oxygen atoms in total. The molecule has 4 heteroatoms. The largest absolute Gasteiger partial charge is 0.375 e. The maximum absolute atomic E-state index is 11.6. The molecule has 0 aromatic carbocycles. The minimum absolute atomic E-state index is 0.00641. The highest BCUT2D eigenvalue weighted by Crippen LogP contribution is 2.29. The van der Waals surface area contributed by atoms with Crippen LogP contribution in [0.25, 0.3) is 0 Å². The molecule has 1 saturated heterocycles. The summed E-state index contributed by atoms with van der Waals surface area (Å²) in [5, 5.41) is 1.26. The summed E-state index contributed by atoms with van der Waals surface area (Å²) in [4.78, 5) is 16.4. The average Bonchev–Trinajstić information content (AvgIpc) is 2.43. The Bertz CT molecular complexity index is 203. The molecule has 0 radical (unpaired) electrons. The minimum Gasteiger partial charge on any atom is -0.375 e. The molecular weight excluding hydrogens is 170 g/mol. The predicted molar refractivity (Wildman–Crippen MR) is 47.9 cm³/mol. The fourth-order valence-corrected chi connectivity index (χ4v) is 1.54. The summed E-state index contributed by atoms with van der Waals surface area (Å²) >= 11 is 0. The summed E-state index contributed by atoms with van der Waals surface area (Å²) < 4.78 is 5.47. The van der Waals surface area contributed by atoms with Crippen LogP contribution in [0.4, 0.5) is 0 Å². The highest BCUT2D eigenvalue weighted by atomic mass is 16.7. The Morgan fingerprint density at radius 1 is 1.62 bits per heavy atom. The van der Waals surface area contributed by atoms with Gasteiger partial charge in [-0.1, -0.05) is 0 Å². The van der Waals surface area contributed by atoms with Gasteiger partial charge in [0.1, 0.15) is 0 Å². The van der Waals surface area contributed by atoms with Crippen molar-refractivity contribution in [2.24, 2.45) is 5.92 Å². The Morgan fingerprint density at radius 2 is 2.23 bits per heavy atom. The van der Waals surface area contributed by atoms with Gasteiger partial charge in [0, 0.05) is 7.05 Å². The van der Waals surface area contributed by atoms with Crippen molar-refractivity contribution in [1.82, 2.24) is 5.06 Å². The molecule has 0 aromatic heterocycles. The van der Waals surface area contributed by atoms with Gasteiger partial charge in [-0.25, -0.2) is 5.06 Å². The molecule has 1 aliphatic rings. The smallest absolute Gasteiger partial charge is 0.251 e. The molecule has 1 rings (SSSR count). The van der Waals surface area contributed by atoms with Crippen LogP contribution >= 0.6 is 0 Å². The van der Waals surface area contributed by atoms with E-state index in [1.54, 1.807) is 7.05 Å². The second-order valence-corrected chi connectivity index (χ2v) is 3.99. The van der Waals surface area contributed by atoms with E-state index in [0.29, 0.717) is 6.61 Å². The maximum Gasteiger partial charge on any atom is 0.251 e. The van der Waals surface area contributed by atoms with Crippen LogP contribution in [0.1, 0.15) is 20.3 Å². The molecule has 0 aliphatic carbocycles. The second-order valence-electron chi connectivity index (χ2n) is 3.99. The molecule has 1 aliphatic heterocycles. The lowest BCUT2D eigenvalue weighted by Crippen LogP contribution is -2.32. The fraction of sp³-hybridized carbons (Fsp3) is 0.889. The van der Waals surface area contributed by atoms with E-state index in [0.717, 1.165) is 6.42 Å². The standard InChI is InChI=1S/C9H17NO3/c1-9(2)5-7(6-13-9)8(11)10(3)12-4/h7H,5-6H2,1-4H3/t7-/m0/s1. The van der Waals surface area contributed by atoms with Crippen LogP contribution in [0, 0.1) is 5.92 Å². The summed E-state index contributed by atoms with van der Waals surface area (Å²) in [6.45, 7) is 4.49. The highest BCUT2D eigenvalue weighted by Gasteiger charge is 2.37. The lowest BCUT2D eigenvalue weighted by atomic mass is 9.97. The van der Waals surface area contributed by atoms with E-state index in [1.807, 2.05) is 13.8 Å². The van der Waals surface area contributed by atoms with E-state index in [2.05, 4.69) is 0 Å². The molecule has 1 amide bonds. The van der Waals surface area contributed by atoms with Crippen molar-refractivity contribution in [3.63, 3.8) is 0 Å². The normalized spacial score (nSPS) is 26.0. The first-order valence-corrected chi connectivity index (χ1v) is 4.42. The van der Waals surface area contributed by atoms with Crippen LogP contribution < -0.4 is 0 Å². The van der Waals surface area contributed by atoms with Gasteiger partial charge in [0.05, 0.1) is 25.2 Å². The lowest BCUT2D eigenvalue weighted by Gasteiger charge is -2.18. The zero-order valence-electron chi connectivity index (χ0n) is 8.66. The van der Waals surface area contributed by atoms with E-state index in [-0.39, 0.29) is 17.4 Å². The Kier molecular flexibility index (Phi) is 2.93. The second kappa shape index (κ2) is 3.64. The molecule has 76 valence electrons. The summed E-state index contributed by atoms with van der Waals surface area (Å²) in [6.07, 6.45) is 0.763. The molecular formula is C9H17NO3. The van der Waals surface area contributed by atoms with Crippen LogP contribution in [0.5, 0.6) is 0 Å². The molecule has 13 heavy (non-hydrogen) atoms. The van der Waals surface area contributed by atoms with Gasteiger partial charge in [0.15, 0.2) is 0 Å². The summed E-state index contributed by atoms with van der Waals surface area (Å²) in [6, 6.07) is 0.